The van der Waals surface area contributed by atoms with Crippen molar-refractivity contribution in [1.82, 2.24) is 5.16 Å². The van der Waals surface area contributed by atoms with Gasteiger partial charge in [-0.3, -0.25) is 4.79 Å². The van der Waals surface area contributed by atoms with Gasteiger partial charge in [-0.2, -0.15) is 0 Å². The Kier molecular flexibility index (Phi) is 3.23. The van der Waals surface area contributed by atoms with E-state index in [4.69, 9.17) is 4.52 Å². The summed E-state index contributed by atoms with van der Waals surface area (Å²) in [6.07, 6.45) is 0.778. The molecule has 1 aromatic carbocycles. The van der Waals surface area contributed by atoms with Crippen LogP contribution in [0.2, 0.25) is 0 Å². The fourth-order valence-corrected chi connectivity index (χ4v) is 1.67. The Labute approximate surface area is 99.6 Å². The number of rotatable bonds is 3. The molecule has 0 spiro atoms. The van der Waals surface area contributed by atoms with Crippen LogP contribution in [0.1, 0.15) is 28.6 Å². The van der Waals surface area contributed by atoms with Crippen molar-refractivity contribution in [2.45, 2.75) is 20.3 Å². The minimum atomic E-state index is -0.173. The highest BCUT2D eigenvalue weighted by molar-refractivity contribution is 6.04. The fourth-order valence-electron chi connectivity index (χ4n) is 1.67. The Balaban J connectivity index is 2.19. The molecule has 0 aliphatic heterocycles. The van der Waals surface area contributed by atoms with Gasteiger partial charge in [-0.15, -0.1) is 0 Å². The number of amides is 1. The summed E-state index contributed by atoms with van der Waals surface area (Å²) in [5.41, 5.74) is 1.55. The van der Waals surface area contributed by atoms with Gasteiger partial charge in [-0.1, -0.05) is 30.3 Å². The summed E-state index contributed by atoms with van der Waals surface area (Å²) in [6.45, 7) is 3.84. The number of nitrogens with one attached hydrogen (secondary N) is 1. The van der Waals surface area contributed by atoms with E-state index in [1.54, 1.807) is 12.1 Å². The molecule has 2 aromatic rings. The summed E-state index contributed by atoms with van der Waals surface area (Å²) >= 11 is 0. The lowest BCUT2D eigenvalue weighted by atomic mass is 10.2. The van der Waals surface area contributed by atoms with Gasteiger partial charge in [-0.25, -0.2) is 0 Å². The van der Waals surface area contributed by atoms with Crippen molar-refractivity contribution in [3.63, 3.8) is 0 Å². The number of anilines is 1. The van der Waals surface area contributed by atoms with E-state index < -0.39 is 0 Å². The van der Waals surface area contributed by atoms with Gasteiger partial charge >= 0.3 is 0 Å². The normalized spacial score (nSPS) is 10.2. The maximum Gasteiger partial charge on any atom is 0.256 e. The van der Waals surface area contributed by atoms with Crippen molar-refractivity contribution in [3.8, 4) is 0 Å². The predicted octanol–water partition coefficient (Wildman–Crippen LogP) is 2.80. The van der Waals surface area contributed by atoms with Crippen LogP contribution >= 0.6 is 0 Å². The first-order chi connectivity index (χ1) is 8.22. The van der Waals surface area contributed by atoms with Crippen molar-refractivity contribution in [3.05, 3.63) is 47.2 Å². The number of carbonyl (C=O) groups is 1. The first-order valence-corrected chi connectivity index (χ1v) is 5.54. The number of aromatic nitrogens is 1. The van der Waals surface area contributed by atoms with Crippen molar-refractivity contribution in [1.29, 1.82) is 0 Å². The highest BCUT2D eigenvalue weighted by Crippen LogP contribution is 2.19. The molecule has 1 N–H and O–H groups in total. The number of aryl methyl sites for hydroxylation is 1. The number of nitrogens with zero attached hydrogens (tertiary/aromatic N) is 1. The third-order valence-electron chi connectivity index (χ3n) is 2.61. The predicted molar refractivity (Wildman–Crippen MR) is 65.0 cm³/mol. The second-order valence-corrected chi connectivity index (χ2v) is 3.74. The van der Waals surface area contributed by atoms with E-state index in [1.807, 2.05) is 32.0 Å². The molecule has 0 saturated heterocycles. The molecule has 0 radical (unpaired) electrons. The smallest absolute Gasteiger partial charge is 0.256 e. The van der Waals surface area contributed by atoms with E-state index in [9.17, 15) is 4.79 Å². The fraction of sp³-hybridized carbons (Fsp3) is 0.231. The van der Waals surface area contributed by atoms with Crippen molar-refractivity contribution < 1.29 is 9.32 Å². The SMILES string of the molecule is CCc1c(NC(=O)c2ccccc2)noc1C. The lowest BCUT2D eigenvalue weighted by molar-refractivity contribution is 0.102. The molecule has 4 nitrogen and oxygen atoms in total. The first-order valence-electron chi connectivity index (χ1n) is 5.54. The van der Waals surface area contributed by atoms with Gasteiger partial charge in [-0.05, 0) is 25.5 Å². The molecule has 2 rings (SSSR count). The van der Waals surface area contributed by atoms with E-state index in [2.05, 4.69) is 10.5 Å². The van der Waals surface area contributed by atoms with E-state index in [-0.39, 0.29) is 5.91 Å². The molecule has 1 aromatic heterocycles. The van der Waals surface area contributed by atoms with Crippen LogP contribution in [0.25, 0.3) is 0 Å². The molecule has 88 valence electrons. The Hall–Kier alpha value is -2.10. The van der Waals surface area contributed by atoms with Crippen molar-refractivity contribution >= 4 is 11.7 Å². The monoisotopic (exact) mass is 230 g/mol. The molecule has 17 heavy (non-hydrogen) atoms. The second kappa shape index (κ2) is 4.82. The Morgan fingerprint density at radius 1 is 1.35 bits per heavy atom. The number of carbonyl (C=O) groups excluding carboxylic acids is 1. The maximum atomic E-state index is 11.9. The summed E-state index contributed by atoms with van der Waals surface area (Å²) in [7, 11) is 0. The summed E-state index contributed by atoms with van der Waals surface area (Å²) in [5, 5.41) is 6.60. The molecular weight excluding hydrogens is 216 g/mol. The molecule has 0 saturated carbocycles. The number of benzene rings is 1. The molecular formula is C13H14N2O2. The minimum absolute atomic E-state index is 0.173. The number of hydrogen-bond acceptors (Lipinski definition) is 3. The standard InChI is InChI=1S/C13H14N2O2/c1-3-11-9(2)17-15-12(11)14-13(16)10-7-5-4-6-8-10/h4-8H,3H2,1-2H3,(H,14,15,16). The van der Waals surface area contributed by atoms with E-state index in [1.165, 1.54) is 0 Å². The van der Waals surface area contributed by atoms with Gasteiger partial charge in [0, 0.05) is 11.1 Å². The second-order valence-electron chi connectivity index (χ2n) is 3.74. The number of hydrogen-bond donors (Lipinski definition) is 1. The van der Waals surface area contributed by atoms with Crippen LogP contribution in [0.4, 0.5) is 5.82 Å². The van der Waals surface area contributed by atoms with Gasteiger partial charge < -0.3 is 9.84 Å². The first kappa shape index (κ1) is 11.4. The van der Waals surface area contributed by atoms with Crippen LogP contribution in [0.5, 0.6) is 0 Å². The molecule has 0 aliphatic rings. The van der Waals surface area contributed by atoms with Gasteiger partial charge in [0.15, 0.2) is 5.82 Å². The van der Waals surface area contributed by atoms with Gasteiger partial charge in [0.05, 0.1) is 0 Å². The molecule has 4 heteroatoms. The minimum Gasteiger partial charge on any atom is -0.359 e. The van der Waals surface area contributed by atoms with Crippen LogP contribution in [-0.2, 0) is 6.42 Å². The molecule has 0 bridgehead atoms. The van der Waals surface area contributed by atoms with Crippen LogP contribution in [0.15, 0.2) is 34.9 Å². The molecule has 1 amide bonds. The lowest BCUT2D eigenvalue weighted by Gasteiger charge is -2.02. The van der Waals surface area contributed by atoms with Crippen molar-refractivity contribution in [2.24, 2.45) is 0 Å². The third-order valence-corrected chi connectivity index (χ3v) is 2.61. The zero-order valence-electron chi connectivity index (χ0n) is 9.86. The summed E-state index contributed by atoms with van der Waals surface area (Å²) in [6, 6.07) is 9.03. The van der Waals surface area contributed by atoms with E-state index in [0.717, 1.165) is 17.7 Å². The van der Waals surface area contributed by atoms with E-state index >= 15 is 0 Å². The molecule has 0 aliphatic carbocycles. The third kappa shape index (κ3) is 2.36. The summed E-state index contributed by atoms with van der Waals surface area (Å²) < 4.78 is 5.06. The average molecular weight is 230 g/mol. The average Bonchev–Trinajstić information content (AvgIpc) is 2.71. The van der Waals surface area contributed by atoms with Crippen LogP contribution in [0, 0.1) is 6.92 Å². The highest BCUT2D eigenvalue weighted by atomic mass is 16.5. The largest absolute Gasteiger partial charge is 0.359 e. The Morgan fingerprint density at radius 2 is 2.06 bits per heavy atom. The Morgan fingerprint density at radius 3 is 2.71 bits per heavy atom. The van der Waals surface area contributed by atoms with Crippen LogP contribution < -0.4 is 5.32 Å². The van der Waals surface area contributed by atoms with E-state index in [0.29, 0.717) is 11.4 Å². The lowest BCUT2D eigenvalue weighted by Crippen LogP contribution is -2.13. The Bertz CT molecular complexity index is 517. The molecule has 0 unspecified atom stereocenters. The highest BCUT2D eigenvalue weighted by Gasteiger charge is 2.14. The molecule has 1 heterocycles. The zero-order valence-corrected chi connectivity index (χ0v) is 9.86. The van der Waals surface area contributed by atoms with Crippen molar-refractivity contribution in [2.75, 3.05) is 5.32 Å². The van der Waals surface area contributed by atoms with Crippen LogP contribution in [0.3, 0.4) is 0 Å². The topological polar surface area (TPSA) is 55.1 Å². The van der Waals surface area contributed by atoms with Gasteiger partial charge in [0.25, 0.3) is 5.91 Å². The van der Waals surface area contributed by atoms with Gasteiger partial charge in [0.2, 0.25) is 0 Å². The zero-order chi connectivity index (χ0) is 12.3. The summed E-state index contributed by atoms with van der Waals surface area (Å²) in [5.74, 6) is 1.09. The molecule has 0 fully saturated rings. The van der Waals surface area contributed by atoms with Gasteiger partial charge in [0.1, 0.15) is 5.76 Å². The summed E-state index contributed by atoms with van der Waals surface area (Å²) in [4.78, 5) is 11.9. The quantitative estimate of drug-likeness (QED) is 0.882. The molecule has 0 atom stereocenters. The maximum absolute atomic E-state index is 11.9. The van der Waals surface area contributed by atoms with Crippen LogP contribution in [-0.4, -0.2) is 11.1 Å².